The summed E-state index contributed by atoms with van der Waals surface area (Å²) < 4.78 is 5.82. The molecule has 3 rings (SSSR count). The van der Waals surface area contributed by atoms with Crippen LogP contribution in [-0.2, 0) is 16.1 Å². The molecule has 144 valence electrons. The van der Waals surface area contributed by atoms with E-state index in [2.05, 4.69) is 31.5 Å². The first-order valence-corrected chi connectivity index (χ1v) is 10.1. The number of rotatable bonds is 7. The minimum absolute atomic E-state index is 0.171. The number of thiazole rings is 1. The summed E-state index contributed by atoms with van der Waals surface area (Å²) in [5, 5.41) is 8.07. The van der Waals surface area contributed by atoms with E-state index < -0.39 is 11.9 Å². The van der Waals surface area contributed by atoms with Crippen molar-refractivity contribution < 1.29 is 14.3 Å². The fraction of sp³-hybridized carbons (Fsp3) is 0.150. The van der Waals surface area contributed by atoms with Crippen LogP contribution >= 0.6 is 27.3 Å². The summed E-state index contributed by atoms with van der Waals surface area (Å²) in [7, 11) is 0. The largest absolute Gasteiger partial charge is 0.451 e. The Morgan fingerprint density at radius 3 is 2.71 bits per heavy atom. The van der Waals surface area contributed by atoms with Crippen LogP contribution < -0.4 is 10.6 Å². The van der Waals surface area contributed by atoms with Crippen molar-refractivity contribution in [1.29, 1.82) is 0 Å². The highest BCUT2D eigenvalue weighted by molar-refractivity contribution is 9.10. The summed E-state index contributed by atoms with van der Waals surface area (Å²) in [6.07, 6.45) is 0. The molecule has 0 saturated carbocycles. The number of carbonyl (C=O) groups is 2. The van der Waals surface area contributed by atoms with Gasteiger partial charge in [0.1, 0.15) is 0 Å². The monoisotopic (exact) mass is 459 g/mol. The highest BCUT2D eigenvalue weighted by atomic mass is 79.9. The normalized spacial score (nSPS) is 10.4. The molecule has 0 atom stereocenters. The van der Waals surface area contributed by atoms with Crippen molar-refractivity contribution in [2.45, 2.75) is 13.5 Å². The lowest BCUT2D eigenvalue weighted by molar-refractivity contribution is -0.119. The van der Waals surface area contributed by atoms with Gasteiger partial charge < -0.3 is 15.4 Å². The fourth-order valence-corrected chi connectivity index (χ4v) is 3.61. The van der Waals surface area contributed by atoms with Gasteiger partial charge in [0.05, 0.1) is 5.69 Å². The molecule has 2 aromatic carbocycles. The van der Waals surface area contributed by atoms with Gasteiger partial charge in [0, 0.05) is 16.4 Å². The molecule has 0 unspecified atom stereocenters. The molecule has 1 aromatic heterocycles. The predicted molar refractivity (Wildman–Crippen MR) is 114 cm³/mol. The Labute approximate surface area is 175 Å². The molecule has 2 N–H and O–H groups in total. The molecule has 0 spiro atoms. The third-order valence-electron chi connectivity index (χ3n) is 3.73. The summed E-state index contributed by atoms with van der Waals surface area (Å²) >= 11 is 4.70. The summed E-state index contributed by atoms with van der Waals surface area (Å²) in [6, 6.07) is 15.4. The van der Waals surface area contributed by atoms with E-state index in [4.69, 9.17) is 4.74 Å². The van der Waals surface area contributed by atoms with Gasteiger partial charge in [-0.2, -0.15) is 0 Å². The van der Waals surface area contributed by atoms with Crippen molar-refractivity contribution in [3.8, 4) is 0 Å². The fourth-order valence-electron chi connectivity index (χ4n) is 2.34. The van der Waals surface area contributed by atoms with Crippen molar-refractivity contribution in [2.24, 2.45) is 0 Å². The molecule has 1 amide bonds. The number of halogens is 1. The van der Waals surface area contributed by atoms with E-state index in [-0.39, 0.29) is 12.3 Å². The van der Waals surface area contributed by atoms with Crippen LogP contribution in [0.2, 0.25) is 0 Å². The molecule has 0 aliphatic heterocycles. The second-order valence-electron chi connectivity index (χ2n) is 5.98. The molecular formula is C20H18BrN3O3S. The summed E-state index contributed by atoms with van der Waals surface area (Å²) in [5.41, 5.74) is 2.97. The van der Waals surface area contributed by atoms with Gasteiger partial charge in [-0.3, -0.25) is 4.79 Å². The van der Waals surface area contributed by atoms with Gasteiger partial charge in [-0.1, -0.05) is 36.4 Å². The molecular weight excluding hydrogens is 442 g/mol. The zero-order valence-electron chi connectivity index (χ0n) is 15.1. The average Bonchev–Trinajstić information content (AvgIpc) is 3.17. The first kappa shape index (κ1) is 20.0. The first-order chi connectivity index (χ1) is 13.5. The second kappa shape index (κ2) is 9.48. The quantitative estimate of drug-likeness (QED) is 0.503. The van der Waals surface area contributed by atoms with Crippen molar-refractivity contribution in [1.82, 2.24) is 4.98 Å². The summed E-state index contributed by atoms with van der Waals surface area (Å²) in [5.74, 6) is -1.06. The lowest BCUT2D eigenvalue weighted by Crippen LogP contribution is -2.21. The Morgan fingerprint density at radius 2 is 1.96 bits per heavy atom. The van der Waals surface area contributed by atoms with Crippen LogP contribution in [-0.4, -0.2) is 23.5 Å². The number of carbonyl (C=O) groups excluding carboxylic acids is 2. The predicted octanol–water partition coefficient (Wildman–Crippen LogP) is 4.62. The van der Waals surface area contributed by atoms with Crippen LogP contribution in [0.3, 0.4) is 0 Å². The number of amides is 1. The number of nitrogens with zero attached hydrogens (tertiary/aromatic N) is 1. The van der Waals surface area contributed by atoms with Crippen molar-refractivity contribution in [2.75, 3.05) is 17.2 Å². The van der Waals surface area contributed by atoms with Gasteiger partial charge in [0.2, 0.25) is 0 Å². The number of aryl methyl sites for hydroxylation is 1. The van der Waals surface area contributed by atoms with Gasteiger partial charge in [-0.25, -0.2) is 9.78 Å². The molecule has 3 aromatic rings. The molecule has 28 heavy (non-hydrogen) atoms. The standard InChI is InChI=1S/C20H18BrN3O3S/c1-13-7-8-16(15(21)9-13)23-18(25)11-27-19(26)17-12-28-20(24-17)22-10-14-5-3-2-4-6-14/h2-9,12H,10-11H2,1H3,(H,22,24)(H,23,25). The van der Waals surface area contributed by atoms with E-state index in [0.29, 0.717) is 17.4 Å². The Balaban J connectivity index is 1.48. The van der Waals surface area contributed by atoms with E-state index in [9.17, 15) is 9.59 Å². The summed E-state index contributed by atoms with van der Waals surface area (Å²) in [4.78, 5) is 28.3. The number of benzene rings is 2. The Kier molecular flexibility index (Phi) is 6.78. The SMILES string of the molecule is Cc1ccc(NC(=O)COC(=O)c2csc(NCc3ccccc3)n2)c(Br)c1. The number of hydrogen-bond acceptors (Lipinski definition) is 6. The number of aromatic nitrogens is 1. The van der Waals surface area contributed by atoms with Crippen molar-refractivity contribution >= 4 is 50.0 Å². The van der Waals surface area contributed by atoms with E-state index in [1.54, 1.807) is 11.4 Å². The lowest BCUT2D eigenvalue weighted by atomic mass is 10.2. The molecule has 8 heteroatoms. The minimum Gasteiger partial charge on any atom is -0.451 e. The highest BCUT2D eigenvalue weighted by Gasteiger charge is 2.15. The number of anilines is 2. The van der Waals surface area contributed by atoms with Crippen molar-refractivity contribution in [3.63, 3.8) is 0 Å². The zero-order chi connectivity index (χ0) is 19.9. The maximum atomic E-state index is 12.1. The van der Waals surface area contributed by atoms with Crippen LogP contribution in [0.15, 0.2) is 58.4 Å². The van der Waals surface area contributed by atoms with E-state index >= 15 is 0 Å². The Bertz CT molecular complexity index is 976. The molecule has 0 aliphatic rings. The zero-order valence-corrected chi connectivity index (χ0v) is 17.5. The Morgan fingerprint density at radius 1 is 1.18 bits per heavy atom. The molecule has 0 fully saturated rings. The van der Waals surface area contributed by atoms with Crippen LogP contribution in [0.25, 0.3) is 0 Å². The van der Waals surface area contributed by atoms with Crippen molar-refractivity contribution in [3.05, 3.63) is 75.2 Å². The van der Waals surface area contributed by atoms with Crippen LogP contribution in [0.5, 0.6) is 0 Å². The molecule has 6 nitrogen and oxygen atoms in total. The van der Waals surface area contributed by atoms with Crippen LogP contribution in [0, 0.1) is 6.92 Å². The highest BCUT2D eigenvalue weighted by Crippen LogP contribution is 2.23. The van der Waals surface area contributed by atoms with Crippen LogP contribution in [0.1, 0.15) is 21.6 Å². The first-order valence-electron chi connectivity index (χ1n) is 8.48. The van der Waals surface area contributed by atoms with Gasteiger partial charge in [0.25, 0.3) is 5.91 Å². The number of nitrogens with one attached hydrogen (secondary N) is 2. The topological polar surface area (TPSA) is 80.3 Å². The molecule has 1 heterocycles. The third kappa shape index (κ3) is 5.64. The third-order valence-corrected chi connectivity index (χ3v) is 5.19. The lowest BCUT2D eigenvalue weighted by Gasteiger charge is -2.08. The number of hydrogen-bond donors (Lipinski definition) is 2. The Hall–Kier alpha value is -2.71. The van der Waals surface area contributed by atoms with Gasteiger partial charge in [-0.15, -0.1) is 11.3 Å². The molecule has 0 saturated heterocycles. The molecule has 0 bridgehead atoms. The average molecular weight is 460 g/mol. The maximum Gasteiger partial charge on any atom is 0.358 e. The smallest absolute Gasteiger partial charge is 0.358 e. The molecule has 0 aliphatic carbocycles. The molecule has 0 radical (unpaired) electrons. The van der Waals surface area contributed by atoms with Gasteiger partial charge in [0.15, 0.2) is 17.4 Å². The number of ether oxygens (including phenoxy) is 1. The van der Waals surface area contributed by atoms with Crippen LogP contribution in [0.4, 0.5) is 10.8 Å². The van der Waals surface area contributed by atoms with E-state index in [1.165, 1.54) is 11.3 Å². The minimum atomic E-state index is -0.637. The summed E-state index contributed by atoms with van der Waals surface area (Å²) in [6.45, 7) is 2.18. The van der Waals surface area contributed by atoms with E-state index in [0.717, 1.165) is 15.6 Å². The second-order valence-corrected chi connectivity index (χ2v) is 7.70. The maximum absolute atomic E-state index is 12.1. The number of esters is 1. The van der Waals surface area contributed by atoms with E-state index in [1.807, 2.05) is 49.4 Å². The van der Waals surface area contributed by atoms with Gasteiger partial charge >= 0.3 is 5.97 Å². The van der Waals surface area contributed by atoms with Gasteiger partial charge in [-0.05, 0) is 46.1 Å².